The number of nitrogens with zero attached hydrogens (tertiary/aromatic N) is 2. The van der Waals surface area contributed by atoms with Crippen LogP contribution in [-0.2, 0) is 4.79 Å². The smallest absolute Gasteiger partial charge is 0.250 e. The van der Waals surface area contributed by atoms with Gasteiger partial charge in [0.25, 0.3) is 0 Å². The van der Waals surface area contributed by atoms with Gasteiger partial charge in [-0.15, -0.1) is 11.8 Å². The second-order valence-electron chi connectivity index (χ2n) is 6.26. The van der Waals surface area contributed by atoms with Crippen molar-refractivity contribution in [2.45, 2.75) is 18.7 Å². The molecule has 6 nitrogen and oxygen atoms in total. The lowest BCUT2D eigenvalue weighted by molar-refractivity contribution is -0.118. The number of phenolic OH excluding ortho intramolecular Hbond substituents is 1. The molecule has 1 aromatic heterocycles. The van der Waals surface area contributed by atoms with Crippen LogP contribution in [0.3, 0.4) is 0 Å². The molecule has 2 N–H and O–H groups in total. The molecule has 0 unspecified atom stereocenters. The molecule has 144 valence electrons. The van der Waals surface area contributed by atoms with Gasteiger partial charge in [0.2, 0.25) is 5.91 Å². The largest absolute Gasteiger partial charge is 0.504 e. The zero-order valence-corrected chi connectivity index (χ0v) is 16.7. The molecule has 3 aromatic rings. The fourth-order valence-corrected chi connectivity index (χ4v) is 3.64. The maximum Gasteiger partial charge on any atom is 0.250 e. The van der Waals surface area contributed by atoms with Gasteiger partial charge in [0.15, 0.2) is 11.5 Å². The quantitative estimate of drug-likeness (QED) is 0.377. The Labute approximate surface area is 167 Å². The number of amides is 1. The summed E-state index contributed by atoms with van der Waals surface area (Å²) in [4.78, 5) is 17.7. The molecule has 0 aliphatic rings. The summed E-state index contributed by atoms with van der Waals surface area (Å²) in [6, 6.07) is 13.1. The van der Waals surface area contributed by atoms with Crippen molar-refractivity contribution in [1.29, 1.82) is 0 Å². The summed E-state index contributed by atoms with van der Waals surface area (Å²) in [5.74, 6) is 0.305. The van der Waals surface area contributed by atoms with Crippen molar-refractivity contribution in [2.75, 3.05) is 12.9 Å². The Hall–Kier alpha value is -3.06. The van der Waals surface area contributed by atoms with Gasteiger partial charge in [-0.2, -0.15) is 5.10 Å². The molecule has 0 atom stereocenters. The van der Waals surface area contributed by atoms with Crippen LogP contribution in [0.25, 0.3) is 10.9 Å². The van der Waals surface area contributed by atoms with Crippen LogP contribution in [0.2, 0.25) is 0 Å². The standard InChI is InChI=1S/C21H21N3O3S/c1-13-7-8-17-16(9-13)19(10-14(2)23-17)28-12-20(25)24-22-11-15-5-4-6-18(27-3)21(15)26/h4-11,26H,12H2,1-3H3,(H,24,25)/b22-11-. The number of phenols is 1. The minimum absolute atomic E-state index is 0.0218. The van der Waals surface area contributed by atoms with Crippen LogP contribution in [0.4, 0.5) is 0 Å². The van der Waals surface area contributed by atoms with Crippen molar-refractivity contribution < 1.29 is 14.6 Å². The first-order chi connectivity index (χ1) is 13.5. The van der Waals surface area contributed by atoms with Gasteiger partial charge >= 0.3 is 0 Å². The number of aryl methyl sites for hydroxylation is 2. The molecular weight excluding hydrogens is 374 g/mol. The van der Waals surface area contributed by atoms with E-state index in [1.165, 1.54) is 25.1 Å². The molecule has 3 rings (SSSR count). The Kier molecular flexibility index (Phi) is 6.16. The third-order valence-electron chi connectivity index (χ3n) is 4.06. The molecule has 0 saturated carbocycles. The van der Waals surface area contributed by atoms with Crippen LogP contribution in [0.5, 0.6) is 11.5 Å². The number of para-hydroxylation sites is 1. The fourth-order valence-electron chi connectivity index (χ4n) is 2.71. The average Bonchev–Trinajstić information content (AvgIpc) is 2.68. The highest BCUT2D eigenvalue weighted by Gasteiger charge is 2.09. The number of methoxy groups -OCH3 is 1. The van der Waals surface area contributed by atoms with E-state index in [1.807, 2.05) is 32.0 Å². The second kappa shape index (κ2) is 8.75. The number of aromatic nitrogens is 1. The third kappa shape index (κ3) is 4.61. The zero-order chi connectivity index (χ0) is 20.1. The van der Waals surface area contributed by atoms with Crippen LogP contribution in [-0.4, -0.2) is 35.1 Å². The molecule has 0 radical (unpaired) electrons. The summed E-state index contributed by atoms with van der Waals surface area (Å²) in [6.07, 6.45) is 1.38. The Balaban J connectivity index is 1.65. The Bertz CT molecular complexity index is 1050. The van der Waals surface area contributed by atoms with Crippen LogP contribution in [0.1, 0.15) is 16.8 Å². The van der Waals surface area contributed by atoms with E-state index in [9.17, 15) is 9.90 Å². The predicted molar refractivity (Wildman–Crippen MR) is 112 cm³/mol. The van der Waals surface area contributed by atoms with E-state index in [0.29, 0.717) is 11.3 Å². The number of carbonyl (C=O) groups excluding carboxylic acids is 1. The maximum atomic E-state index is 12.2. The number of carbonyl (C=O) groups is 1. The zero-order valence-electron chi connectivity index (χ0n) is 15.9. The number of hydrazone groups is 1. The molecule has 28 heavy (non-hydrogen) atoms. The molecule has 0 aliphatic heterocycles. The second-order valence-corrected chi connectivity index (χ2v) is 7.28. The Morgan fingerprint density at radius 1 is 1.29 bits per heavy atom. The molecule has 0 saturated heterocycles. The molecule has 2 aromatic carbocycles. The lowest BCUT2D eigenvalue weighted by atomic mass is 10.1. The van der Waals surface area contributed by atoms with Crippen molar-refractivity contribution in [3.8, 4) is 11.5 Å². The van der Waals surface area contributed by atoms with Gasteiger partial charge in [-0.1, -0.05) is 17.7 Å². The van der Waals surface area contributed by atoms with Crippen molar-refractivity contribution in [3.63, 3.8) is 0 Å². The number of pyridine rings is 1. The summed E-state index contributed by atoms with van der Waals surface area (Å²) >= 11 is 1.44. The topological polar surface area (TPSA) is 83.8 Å². The van der Waals surface area contributed by atoms with Crippen molar-refractivity contribution in [2.24, 2.45) is 5.10 Å². The minimum atomic E-state index is -0.237. The Morgan fingerprint density at radius 2 is 2.11 bits per heavy atom. The van der Waals surface area contributed by atoms with Crippen LogP contribution in [0.15, 0.2) is 52.5 Å². The number of benzene rings is 2. The first-order valence-electron chi connectivity index (χ1n) is 8.66. The van der Waals surface area contributed by atoms with Gasteiger partial charge in [-0.3, -0.25) is 9.78 Å². The van der Waals surface area contributed by atoms with Crippen LogP contribution >= 0.6 is 11.8 Å². The van der Waals surface area contributed by atoms with Crippen LogP contribution < -0.4 is 10.2 Å². The van der Waals surface area contributed by atoms with E-state index in [4.69, 9.17) is 4.74 Å². The van der Waals surface area contributed by atoms with Gasteiger partial charge in [0.1, 0.15) is 0 Å². The number of fused-ring (bicyclic) bond motifs is 1. The van der Waals surface area contributed by atoms with Crippen molar-refractivity contribution in [3.05, 3.63) is 59.3 Å². The van der Waals surface area contributed by atoms with E-state index in [-0.39, 0.29) is 17.4 Å². The summed E-state index contributed by atoms with van der Waals surface area (Å²) in [5, 5.41) is 15.0. The number of hydrogen-bond acceptors (Lipinski definition) is 6. The van der Waals surface area contributed by atoms with Gasteiger partial charge < -0.3 is 9.84 Å². The molecule has 0 bridgehead atoms. The molecule has 0 aliphatic carbocycles. The van der Waals surface area contributed by atoms with Crippen LogP contribution in [0, 0.1) is 13.8 Å². The molecule has 1 amide bonds. The normalized spacial score (nSPS) is 11.1. The average molecular weight is 395 g/mol. The number of ether oxygens (including phenoxy) is 1. The fraction of sp³-hybridized carbons (Fsp3) is 0.190. The molecule has 1 heterocycles. The van der Waals surface area contributed by atoms with E-state index < -0.39 is 0 Å². The lowest BCUT2D eigenvalue weighted by Crippen LogP contribution is -2.19. The Morgan fingerprint density at radius 3 is 2.89 bits per heavy atom. The van der Waals surface area contributed by atoms with Gasteiger partial charge in [-0.05, 0) is 44.2 Å². The summed E-state index contributed by atoms with van der Waals surface area (Å²) < 4.78 is 5.05. The number of thioether (sulfide) groups is 1. The molecule has 7 heteroatoms. The number of aromatic hydroxyl groups is 1. The van der Waals surface area contributed by atoms with Gasteiger partial charge in [0, 0.05) is 21.5 Å². The highest BCUT2D eigenvalue weighted by atomic mass is 32.2. The maximum absolute atomic E-state index is 12.2. The number of nitrogens with one attached hydrogen (secondary N) is 1. The molecule has 0 spiro atoms. The van der Waals surface area contributed by atoms with Gasteiger partial charge in [0.05, 0.1) is 24.6 Å². The summed E-state index contributed by atoms with van der Waals surface area (Å²) in [6.45, 7) is 3.97. The summed E-state index contributed by atoms with van der Waals surface area (Å²) in [5.41, 5.74) is 5.91. The molecule has 0 fully saturated rings. The molecular formula is C21H21N3O3S. The van der Waals surface area contributed by atoms with Crippen molar-refractivity contribution in [1.82, 2.24) is 10.4 Å². The SMILES string of the molecule is COc1cccc(/C=N\NC(=O)CSc2cc(C)nc3ccc(C)cc23)c1O. The van der Waals surface area contributed by atoms with Crippen molar-refractivity contribution >= 4 is 34.8 Å². The van der Waals surface area contributed by atoms with Gasteiger partial charge in [-0.25, -0.2) is 5.43 Å². The van der Waals surface area contributed by atoms with E-state index in [0.717, 1.165) is 27.1 Å². The lowest BCUT2D eigenvalue weighted by Gasteiger charge is -2.08. The predicted octanol–water partition coefficient (Wildman–Crippen LogP) is 3.81. The highest BCUT2D eigenvalue weighted by Crippen LogP contribution is 2.29. The first-order valence-corrected chi connectivity index (χ1v) is 9.65. The third-order valence-corrected chi connectivity index (χ3v) is 5.11. The van der Waals surface area contributed by atoms with E-state index in [2.05, 4.69) is 21.6 Å². The first kappa shape index (κ1) is 19.7. The number of rotatable bonds is 6. The van der Waals surface area contributed by atoms with E-state index in [1.54, 1.807) is 18.2 Å². The minimum Gasteiger partial charge on any atom is -0.504 e. The summed E-state index contributed by atoms with van der Waals surface area (Å²) in [7, 11) is 1.47. The number of hydrogen-bond donors (Lipinski definition) is 2. The highest BCUT2D eigenvalue weighted by molar-refractivity contribution is 8.00. The monoisotopic (exact) mass is 395 g/mol. The van der Waals surface area contributed by atoms with E-state index >= 15 is 0 Å².